The molecule has 1 amide bonds. The van der Waals surface area contributed by atoms with Crippen LogP contribution in [-0.4, -0.2) is 25.9 Å². The molecule has 3 aromatic rings. The fourth-order valence-corrected chi connectivity index (χ4v) is 3.59. The van der Waals surface area contributed by atoms with Crippen molar-refractivity contribution in [1.82, 2.24) is 9.71 Å². The Bertz CT molecular complexity index is 1030. The molecule has 4 N–H and O–H groups in total. The number of H-pyrrole nitrogens is 1. The third kappa shape index (κ3) is 3.70. The zero-order chi connectivity index (χ0) is 18.0. The molecule has 0 saturated carbocycles. The van der Waals surface area contributed by atoms with Gasteiger partial charge >= 0.3 is 0 Å². The summed E-state index contributed by atoms with van der Waals surface area (Å²) in [6.45, 7) is 0.156. The number of amides is 1. The van der Waals surface area contributed by atoms with E-state index in [4.69, 9.17) is 5.73 Å². The van der Waals surface area contributed by atoms with E-state index in [2.05, 4.69) is 9.71 Å². The molecular formula is C17H16FN3O3S. The van der Waals surface area contributed by atoms with Crippen LogP contribution in [0.25, 0.3) is 10.9 Å². The number of aromatic nitrogens is 1. The molecule has 3 rings (SSSR count). The number of rotatable bonds is 6. The Morgan fingerprint density at radius 3 is 2.56 bits per heavy atom. The van der Waals surface area contributed by atoms with Crippen molar-refractivity contribution < 1.29 is 17.6 Å². The van der Waals surface area contributed by atoms with Gasteiger partial charge in [-0.3, -0.25) is 4.79 Å². The van der Waals surface area contributed by atoms with Crippen LogP contribution < -0.4 is 10.5 Å². The monoisotopic (exact) mass is 361 g/mol. The fourth-order valence-electron chi connectivity index (χ4n) is 2.56. The number of carbonyl (C=O) groups is 1. The van der Waals surface area contributed by atoms with Gasteiger partial charge in [0.25, 0.3) is 0 Å². The number of aromatic amines is 1. The van der Waals surface area contributed by atoms with E-state index < -0.39 is 15.9 Å². The summed E-state index contributed by atoms with van der Waals surface area (Å²) in [4.78, 5) is 14.1. The number of halogens is 1. The van der Waals surface area contributed by atoms with Crippen molar-refractivity contribution in [2.24, 2.45) is 5.73 Å². The molecule has 0 aliphatic carbocycles. The number of nitrogens with two attached hydrogens (primary N) is 1. The Balaban J connectivity index is 1.69. The summed E-state index contributed by atoms with van der Waals surface area (Å²) in [5.74, 6) is -0.966. The molecule has 0 bridgehead atoms. The first-order valence-electron chi connectivity index (χ1n) is 7.52. The average molecular weight is 361 g/mol. The van der Waals surface area contributed by atoms with E-state index in [1.165, 1.54) is 36.4 Å². The van der Waals surface area contributed by atoms with Gasteiger partial charge in [0.05, 0.1) is 4.90 Å². The number of carbonyl (C=O) groups excluding carboxylic acids is 1. The molecule has 0 saturated heterocycles. The van der Waals surface area contributed by atoms with Crippen LogP contribution >= 0.6 is 0 Å². The summed E-state index contributed by atoms with van der Waals surface area (Å²) >= 11 is 0. The summed E-state index contributed by atoms with van der Waals surface area (Å²) in [5.41, 5.74) is 6.98. The molecule has 130 valence electrons. The minimum Gasteiger partial charge on any atom is -0.366 e. The van der Waals surface area contributed by atoms with Gasteiger partial charge in [-0.25, -0.2) is 17.5 Å². The molecular weight excluding hydrogens is 345 g/mol. The van der Waals surface area contributed by atoms with E-state index in [1.54, 1.807) is 12.3 Å². The highest BCUT2D eigenvalue weighted by Gasteiger charge is 2.14. The summed E-state index contributed by atoms with van der Waals surface area (Å²) in [6.07, 6.45) is 2.14. The van der Waals surface area contributed by atoms with E-state index in [-0.39, 0.29) is 22.8 Å². The van der Waals surface area contributed by atoms with Crippen LogP contribution in [0, 0.1) is 5.82 Å². The van der Waals surface area contributed by atoms with Crippen molar-refractivity contribution in [3.05, 3.63) is 65.6 Å². The number of benzene rings is 2. The number of fused-ring (bicyclic) bond motifs is 1. The topological polar surface area (TPSA) is 105 Å². The first-order valence-corrected chi connectivity index (χ1v) is 9.00. The number of nitrogens with one attached hydrogen (secondary N) is 2. The van der Waals surface area contributed by atoms with Crippen molar-refractivity contribution in [2.75, 3.05) is 6.54 Å². The number of hydrogen-bond acceptors (Lipinski definition) is 3. The maximum Gasteiger partial charge on any atom is 0.248 e. The van der Waals surface area contributed by atoms with Gasteiger partial charge in [0.1, 0.15) is 5.82 Å². The zero-order valence-corrected chi connectivity index (χ0v) is 13.9. The molecule has 8 heteroatoms. The predicted molar refractivity (Wildman–Crippen MR) is 92.1 cm³/mol. The Hall–Kier alpha value is -2.71. The lowest BCUT2D eigenvalue weighted by Gasteiger charge is -2.07. The van der Waals surface area contributed by atoms with E-state index in [0.717, 1.165) is 16.5 Å². The van der Waals surface area contributed by atoms with Crippen LogP contribution in [0.2, 0.25) is 0 Å². The molecule has 0 aliphatic heterocycles. The third-order valence-electron chi connectivity index (χ3n) is 3.87. The summed E-state index contributed by atoms with van der Waals surface area (Å²) in [7, 11) is -3.70. The zero-order valence-electron chi connectivity index (χ0n) is 13.1. The summed E-state index contributed by atoms with van der Waals surface area (Å²) < 4.78 is 40.4. The molecule has 1 aromatic heterocycles. The van der Waals surface area contributed by atoms with E-state index in [1.807, 2.05) is 0 Å². The van der Waals surface area contributed by atoms with Gasteiger partial charge in [-0.05, 0) is 54.4 Å². The number of hydrogen-bond donors (Lipinski definition) is 3. The Kier molecular flexibility index (Phi) is 4.56. The van der Waals surface area contributed by atoms with Crippen molar-refractivity contribution in [2.45, 2.75) is 11.3 Å². The molecule has 6 nitrogen and oxygen atoms in total. The normalized spacial score (nSPS) is 11.7. The molecule has 0 spiro atoms. The third-order valence-corrected chi connectivity index (χ3v) is 5.34. The van der Waals surface area contributed by atoms with Gasteiger partial charge in [0, 0.05) is 29.2 Å². The Morgan fingerprint density at radius 2 is 1.88 bits per heavy atom. The first kappa shape index (κ1) is 17.1. The molecule has 25 heavy (non-hydrogen) atoms. The van der Waals surface area contributed by atoms with Crippen molar-refractivity contribution >= 4 is 26.8 Å². The van der Waals surface area contributed by atoms with Gasteiger partial charge in [0.15, 0.2) is 0 Å². The first-order chi connectivity index (χ1) is 11.9. The highest BCUT2D eigenvalue weighted by Crippen LogP contribution is 2.20. The van der Waals surface area contributed by atoms with Gasteiger partial charge in [0.2, 0.25) is 15.9 Å². The van der Waals surface area contributed by atoms with Crippen LogP contribution in [0.4, 0.5) is 4.39 Å². The second-order valence-electron chi connectivity index (χ2n) is 5.54. The van der Waals surface area contributed by atoms with E-state index in [0.29, 0.717) is 6.42 Å². The Morgan fingerprint density at radius 1 is 1.16 bits per heavy atom. The predicted octanol–water partition coefficient (Wildman–Crippen LogP) is 1.93. The lowest BCUT2D eigenvalue weighted by molar-refractivity contribution is 0.1000. The Labute approximate surface area is 143 Å². The minimum atomic E-state index is -3.70. The molecule has 1 heterocycles. The largest absolute Gasteiger partial charge is 0.366 e. The van der Waals surface area contributed by atoms with Crippen molar-refractivity contribution in [3.8, 4) is 0 Å². The molecule has 2 aromatic carbocycles. The molecule has 0 radical (unpaired) electrons. The highest BCUT2D eigenvalue weighted by molar-refractivity contribution is 7.89. The molecule has 0 aliphatic rings. The van der Waals surface area contributed by atoms with Crippen LogP contribution in [0.15, 0.2) is 53.6 Å². The summed E-state index contributed by atoms with van der Waals surface area (Å²) in [5, 5.41) is 0.727. The highest BCUT2D eigenvalue weighted by atomic mass is 32.2. The molecule has 0 atom stereocenters. The van der Waals surface area contributed by atoms with Gasteiger partial charge in [-0.2, -0.15) is 0 Å². The molecule has 0 fully saturated rings. The van der Waals surface area contributed by atoms with Gasteiger partial charge < -0.3 is 10.7 Å². The van der Waals surface area contributed by atoms with Crippen molar-refractivity contribution in [1.29, 1.82) is 0 Å². The second kappa shape index (κ2) is 6.66. The minimum absolute atomic E-state index is 0.0440. The summed E-state index contributed by atoms with van der Waals surface area (Å²) in [6, 6.07) is 9.78. The number of primary amides is 1. The maximum atomic E-state index is 13.4. The van der Waals surface area contributed by atoms with Crippen LogP contribution in [-0.2, 0) is 16.4 Å². The van der Waals surface area contributed by atoms with Gasteiger partial charge in [-0.15, -0.1) is 0 Å². The maximum absolute atomic E-state index is 13.4. The van der Waals surface area contributed by atoms with E-state index >= 15 is 0 Å². The van der Waals surface area contributed by atoms with Crippen molar-refractivity contribution in [3.63, 3.8) is 0 Å². The van der Waals surface area contributed by atoms with Crippen LogP contribution in [0.1, 0.15) is 15.9 Å². The fraction of sp³-hybridized carbons (Fsp3) is 0.118. The lowest BCUT2D eigenvalue weighted by atomic mass is 10.1. The standard InChI is InChI=1S/C17H16FN3O3S/c18-13-3-6-16-15(9-13)12(10-20-16)7-8-21-25(23,24)14-4-1-11(2-5-14)17(19)22/h1-6,9-10,20-21H,7-8H2,(H2,19,22). The van der Waals surface area contributed by atoms with Crippen LogP contribution in [0.3, 0.4) is 0 Å². The quantitative estimate of drug-likeness (QED) is 0.625. The van der Waals surface area contributed by atoms with Crippen LogP contribution in [0.5, 0.6) is 0 Å². The molecule has 0 unspecified atom stereocenters. The van der Waals surface area contributed by atoms with Gasteiger partial charge in [-0.1, -0.05) is 0 Å². The number of sulfonamides is 1. The SMILES string of the molecule is NC(=O)c1ccc(S(=O)(=O)NCCc2c[nH]c3ccc(F)cc23)cc1. The average Bonchev–Trinajstić information content (AvgIpc) is 2.97. The smallest absolute Gasteiger partial charge is 0.248 e. The lowest BCUT2D eigenvalue weighted by Crippen LogP contribution is -2.26. The second-order valence-corrected chi connectivity index (χ2v) is 7.31. The van der Waals surface area contributed by atoms with E-state index in [9.17, 15) is 17.6 Å².